The fourth-order valence-electron chi connectivity index (χ4n) is 10.3. The van der Waals surface area contributed by atoms with Crippen molar-refractivity contribution in [3.05, 3.63) is 95.5 Å². The summed E-state index contributed by atoms with van der Waals surface area (Å²) in [4.78, 5) is 72.7. The molecule has 3 aliphatic carbocycles. The summed E-state index contributed by atoms with van der Waals surface area (Å²) in [5.41, 5.74) is 5.45. The van der Waals surface area contributed by atoms with Crippen molar-refractivity contribution in [1.82, 2.24) is 45.7 Å². The van der Waals surface area contributed by atoms with E-state index in [1.54, 1.807) is 7.05 Å². The highest BCUT2D eigenvalue weighted by Gasteiger charge is 2.51. The average molecular weight is 804 g/mol. The van der Waals surface area contributed by atoms with Crippen molar-refractivity contribution in [3.8, 4) is 11.3 Å². The lowest BCUT2D eigenvalue weighted by Crippen LogP contribution is -2.51. The standard InChI is InChI=1S/C45H57N9O5/c1-28(2)36(52-43(58)59-4)40(55)53-24-8-12-33(53)38-47-26-32(49-38)29-14-16-31(17-15-29)44-18-21-45(22-19-44,23-20-44)35-27-48-39(50-35)34-13-9-25-54(34)41(56)37(51-42(57)46-3)30-10-6-5-7-11-30/h5-7,10-11,14-17,26-28,33-34,36-37H,8-9,12-13,18-25H2,1-4H3,(H,47,49)(H,48,50)(H,52,58)(H2,46,51,57). The van der Waals surface area contributed by atoms with Crippen LogP contribution in [-0.4, -0.2) is 87.0 Å². The summed E-state index contributed by atoms with van der Waals surface area (Å²) < 4.78 is 4.78. The molecule has 4 heterocycles. The molecule has 5 N–H and O–H groups in total. The molecule has 14 heteroatoms. The lowest BCUT2D eigenvalue weighted by Gasteiger charge is -2.53. The van der Waals surface area contributed by atoms with Gasteiger partial charge in [-0.05, 0) is 92.2 Å². The van der Waals surface area contributed by atoms with E-state index in [-0.39, 0.29) is 40.6 Å². The van der Waals surface area contributed by atoms with Crippen molar-refractivity contribution in [1.29, 1.82) is 0 Å². The highest BCUT2D eigenvalue weighted by atomic mass is 16.5. The lowest BCUT2D eigenvalue weighted by atomic mass is 9.51. The second kappa shape index (κ2) is 16.5. The minimum Gasteiger partial charge on any atom is -0.453 e. The van der Waals surface area contributed by atoms with E-state index in [9.17, 15) is 19.2 Å². The molecule has 2 aromatic carbocycles. The number of alkyl carbamates (subject to hydrolysis) is 1. The van der Waals surface area contributed by atoms with Crippen LogP contribution in [0.2, 0.25) is 0 Å². The Kier molecular flexibility index (Phi) is 11.2. The molecule has 59 heavy (non-hydrogen) atoms. The van der Waals surface area contributed by atoms with Crippen LogP contribution in [0.4, 0.5) is 9.59 Å². The number of imidazole rings is 2. The van der Waals surface area contributed by atoms with Gasteiger partial charge in [0.15, 0.2) is 0 Å². The third kappa shape index (κ3) is 7.69. The maximum Gasteiger partial charge on any atom is 0.407 e. The van der Waals surface area contributed by atoms with Gasteiger partial charge in [0.1, 0.15) is 23.7 Å². The molecule has 2 saturated heterocycles. The first-order valence-corrected chi connectivity index (χ1v) is 21.2. The third-order valence-corrected chi connectivity index (χ3v) is 13.8. The van der Waals surface area contributed by atoms with Crippen LogP contribution < -0.4 is 16.0 Å². The summed E-state index contributed by atoms with van der Waals surface area (Å²) in [6.45, 7) is 5.06. The van der Waals surface area contributed by atoms with Gasteiger partial charge in [-0.1, -0.05) is 68.4 Å². The summed E-state index contributed by atoms with van der Waals surface area (Å²) in [5.74, 6) is 1.24. The zero-order chi connectivity index (χ0) is 41.3. The molecule has 312 valence electrons. The van der Waals surface area contributed by atoms with Crippen LogP contribution in [0, 0.1) is 5.92 Å². The number of carbonyl (C=O) groups excluding carboxylic acids is 4. The Labute approximate surface area is 345 Å². The van der Waals surface area contributed by atoms with E-state index < -0.39 is 24.2 Å². The van der Waals surface area contributed by atoms with Crippen LogP contribution in [0.3, 0.4) is 0 Å². The van der Waals surface area contributed by atoms with E-state index in [1.807, 2.05) is 66.4 Å². The van der Waals surface area contributed by atoms with Gasteiger partial charge in [0.2, 0.25) is 11.8 Å². The highest BCUT2D eigenvalue weighted by molar-refractivity contribution is 5.88. The molecule has 2 aromatic heterocycles. The molecule has 5 aliphatic rings. The number of carbonyl (C=O) groups is 4. The van der Waals surface area contributed by atoms with E-state index in [4.69, 9.17) is 14.7 Å². The summed E-state index contributed by atoms with van der Waals surface area (Å²) in [7, 11) is 2.85. The molecule has 4 unspecified atom stereocenters. The molecule has 4 atom stereocenters. The molecule has 0 spiro atoms. The molecular formula is C45H57N9O5. The highest BCUT2D eigenvalue weighted by Crippen LogP contribution is 2.58. The Morgan fingerprint density at radius 3 is 1.97 bits per heavy atom. The van der Waals surface area contributed by atoms with Gasteiger partial charge >= 0.3 is 12.1 Å². The van der Waals surface area contributed by atoms with Gasteiger partial charge in [-0.25, -0.2) is 19.6 Å². The number of ether oxygens (including phenoxy) is 1. The zero-order valence-electron chi connectivity index (χ0n) is 34.6. The van der Waals surface area contributed by atoms with Crippen molar-refractivity contribution in [2.24, 2.45) is 5.92 Å². The molecule has 3 saturated carbocycles. The molecule has 14 nitrogen and oxygen atoms in total. The van der Waals surface area contributed by atoms with E-state index in [2.05, 4.69) is 50.2 Å². The number of amides is 5. The van der Waals surface area contributed by atoms with Gasteiger partial charge in [-0.2, -0.15) is 0 Å². The van der Waals surface area contributed by atoms with Gasteiger partial charge < -0.3 is 40.5 Å². The molecule has 4 aromatic rings. The van der Waals surface area contributed by atoms with Crippen molar-refractivity contribution < 1.29 is 23.9 Å². The smallest absolute Gasteiger partial charge is 0.407 e. The van der Waals surface area contributed by atoms with Crippen LogP contribution in [0.1, 0.15) is 125 Å². The number of likely N-dealkylation sites (tertiary alicyclic amines) is 2. The number of aromatic nitrogens is 4. The summed E-state index contributed by atoms with van der Waals surface area (Å²) in [6, 6.07) is 16.1. The first-order valence-electron chi connectivity index (χ1n) is 21.2. The fraction of sp³-hybridized carbons (Fsp3) is 0.511. The van der Waals surface area contributed by atoms with Crippen molar-refractivity contribution >= 4 is 23.9 Å². The van der Waals surface area contributed by atoms with Crippen LogP contribution in [-0.2, 0) is 25.2 Å². The molecular weight excluding hydrogens is 747 g/mol. The van der Waals surface area contributed by atoms with Crippen LogP contribution >= 0.6 is 0 Å². The van der Waals surface area contributed by atoms with Crippen molar-refractivity contribution in [3.63, 3.8) is 0 Å². The van der Waals surface area contributed by atoms with Crippen LogP contribution in [0.25, 0.3) is 11.3 Å². The minimum atomic E-state index is -0.789. The van der Waals surface area contributed by atoms with E-state index in [0.717, 1.165) is 92.7 Å². The number of fused-ring (bicyclic) bond motifs is 3. The second-order valence-corrected chi connectivity index (χ2v) is 17.3. The number of rotatable bonds is 11. The molecule has 0 radical (unpaired) electrons. The predicted molar refractivity (Wildman–Crippen MR) is 222 cm³/mol. The molecule has 5 amide bonds. The monoisotopic (exact) mass is 803 g/mol. The SMILES string of the molecule is CNC(=O)NC(C(=O)N1CCCC1c1ncc(C23CCC(c4ccc(-c5cnc(C6CCCN6C(=O)C(NC(=O)OC)C(C)C)[nH]5)cc4)(CC2)CC3)[nH]1)c1ccccc1. The number of aromatic amines is 2. The summed E-state index contributed by atoms with van der Waals surface area (Å²) in [6.07, 6.45) is 13.1. The Bertz CT molecular complexity index is 2120. The normalized spacial score (nSPS) is 24.8. The second-order valence-electron chi connectivity index (χ2n) is 17.3. The summed E-state index contributed by atoms with van der Waals surface area (Å²) in [5, 5.41) is 8.17. The van der Waals surface area contributed by atoms with Gasteiger partial charge in [-0.3, -0.25) is 9.59 Å². The van der Waals surface area contributed by atoms with Crippen molar-refractivity contribution in [2.45, 2.75) is 113 Å². The number of nitrogens with zero attached hydrogens (tertiary/aromatic N) is 4. The average Bonchev–Trinajstić information content (AvgIpc) is 4.12. The van der Waals surface area contributed by atoms with E-state index in [1.165, 1.54) is 18.4 Å². The topological polar surface area (TPSA) is 177 Å². The maximum atomic E-state index is 14.1. The van der Waals surface area contributed by atoms with E-state index >= 15 is 0 Å². The fourth-order valence-corrected chi connectivity index (χ4v) is 10.3. The Morgan fingerprint density at radius 1 is 0.763 bits per heavy atom. The summed E-state index contributed by atoms with van der Waals surface area (Å²) >= 11 is 0. The Balaban J connectivity index is 0.917. The largest absolute Gasteiger partial charge is 0.453 e. The predicted octanol–water partition coefficient (Wildman–Crippen LogP) is 6.72. The molecule has 5 fully saturated rings. The molecule has 9 rings (SSSR count). The number of hydrogen-bond donors (Lipinski definition) is 5. The van der Waals surface area contributed by atoms with Gasteiger partial charge in [0, 0.05) is 37.4 Å². The van der Waals surface area contributed by atoms with Crippen LogP contribution in [0.15, 0.2) is 67.0 Å². The number of hydrogen-bond acceptors (Lipinski definition) is 7. The Morgan fingerprint density at radius 2 is 1.36 bits per heavy atom. The van der Waals surface area contributed by atoms with Crippen molar-refractivity contribution in [2.75, 3.05) is 27.2 Å². The number of H-pyrrole nitrogens is 2. The third-order valence-electron chi connectivity index (χ3n) is 13.8. The quantitative estimate of drug-likeness (QED) is 0.112. The lowest BCUT2D eigenvalue weighted by molar-refractivity contribution is -0.135. The Hall–Kier alpha value is -5.66. The molecule has 2 bridgehead atoms. The van der Waals surface area contributed by atoms with E-state index in [0.29, 0.717) is 13.1 Å². The number of benzene rings is 2. The number of urea groups is 1. The zero-order valence-corrected chi connectivity index (χ0v) is 34.6. The van der Waals surface area contributed by atoms with Gasteiger partial charge in [0.05, 0.1) is 31.1 Å². The number of methoxy groups -OCH3 is 1. The van der Waals surface area contributed by atoms with Gasteiger partial charge in [0.25, 0.3) is 0 Å². The maximum absolute atomic E-state index is 14.1. The molecule has 2 aliphatic heterocycles. The minimum absolute atomic E-state index is 0.0418. The first-order chi connectivity index (χ1) is 28.5. The van der Waals surface area contributed by atoms with Gasteiger partial charge in [-0.15, -0.1) is 0 Å². The first kappa shape index (κ1) is 40.1. The van der Waals surface area contributed by atoms with Crippen LogP contribution in [0.5, 0.6) is 0 Å². The number of nitrogens with one attached hydrogen (secondary N) is 5.